The normalized spacial score (nSPS) is 10.5. The maximum absolute atomic E-state index is 13.4. The number of amides is 1. The fraction of sp³-hybridized carbons (Fsp3) is 0.235. The molecule has 2 rings (SSSR count). The van der Waals surface area contributed by atoms with E-state index in [-0.39, 0.29) is 18.3 Å². The van der Waals surface area contributed by atoms with Crippen LogP contribution in [0.5, 0.6) is 5.75 Å². The molecule has 0 saturated carbocycles. The lowest BCUT2D eigenvalue weighted by Crippen LogP contribution is -2.22. The highest BCUT2D eigenvalue weighted by Crippen LogP contribution is 2.17. The Kier molecular flexibility index (Phi) is 5.51. The third-order valence-electron chi connectivity index (χ3n) is 2.88. The SMILES string of the molecule is CC(C)Oc1ccc(NCC(=O)Nc2ccc(F)cc2F)cc1. The Labute approximate surface area is 133 Å². The van der Waals surface area contributed by atoms with Gasteiger partial charge in [0.25, 0.3) is 0 Å². The maximum Gasteiger partial charge on any atom is 0.243 e. The van der Waals surface area contributed by atoms with Crippen molar-refractivity contribution < 1.29 is 18.3 Å². The Morgan fingerprint density at radius 2 is 1.83 bits per heavy atom. The molecule has 2 aromatic carbocycles. The predicted molar refractivity (Wildman–Crippen MR) is 85.7 cm³/mol. The molecule has 23 heavy (non-hydrogen) atoms. The lowest BCUT2D eigenvalue weighted by molar-refractivity contribution is -0.114. The van der Waals surface area contributed by atoms with Gasteiger partial charge in [-0.15, -0.1) is 0 Å². The summed E-state index contributed by atoms with van der Waals surface area (Å²) in [4.78, 5) is 11.8. The van der Waals surface area contributed by atoms with E-state index in [1.807, 2.05) is 13.8 Å². The van der Waals surface area contributed by atoms with Crippen LogP contribution in [0.1, 0.15) is 13.8 Å². The molecule has 0 fully saturated rings. The quantitative estimate of drug-likeness (QED) is 0.851. The molecule has 0 heterocycles. The summed E-state index contributed by atoms with van der Waals surface area (Å²) < 4.78 is 31.7. The van der Waals surface area contributed by atoms with E-state index < -0.39 is 17.5 Å². The first-order valence-corrected chi connectivity index (χ1v) is 7.19. The van der Waals surface area contributed by atoms with Crippen LogP contribution in [0.3, 0.4) is 0 Å². The highest BCUT2D eigenvalue weighted by Gasteiger charge is 2.08. The number of hydrogen-bond donors (Lipinski definition) is 2. The molecule has 0 aromatic heterocycles. The van der Waals surface area contributed by atoms with Crippen LogP contribution in [0, 0.1) is 11.6 Å². The minimum Gasteiger partial charge on any atom is -0.491 e. The van der Waals surface area contributed by atoms with Crippen LogP contribution in [0.2, 0.25) is 0 Å². The van der Waals surface area contributed by atoms with E-state index in [1.165, 1.54) is 6.07 Å². The molecule has 0 bridgehead atoms. The maximum atomic E-state index is 13.4. The van der Waals surface area contributed by atoms with E-state index in [0.717, 1.165) is 23.6 Å². The number of nitrogens with one attached hydrogen (secondary N) is 2. The molecule has 0 aliphatic rings. The minimum atomic E-state index is -0.812. The van der Waals surface area contributed by atoms with Crippen molar-refractivity contribution in [1.82, 2.24) is 0 Å². The highest BCUT2D eigenvalue weighted by molar-refractivity contribution is 5.93. The molecule has 2 N–H and O–H groups in total. The lowest BCUT2D eigenvalue weighted by atomic mass is 10.3. The van der Waals surface area contributed by atoms with Gasteiger partial charge in [-0.05, 0) is 50.2 Å². The van der Waals surface area contributed by atoms with Crippen molar-refractivity contribution >= 4 is 17.3 Å². The fourth-order valence-electron chi connectivity index (χ4n) is 1.89. The molecule has 0 aliphatic heterocycles. The first-order valence-electron chi connectivity index (χ1n) is 7.19. The first-order chi connectivity index (χ1) is 10.9. The zero-order valence-corrected chi connectivity index (χ0v) is 12.9. The van der Waals surface area contributed by atoms with Crippen LogP contribution in [0.15, 0.2) is 42.5 Å². The molecule has 0 radical (unpaired) electrons. The molecule has 2 aromatic rings. The number of benzene rings is 2. The lowest BCUT2D eigenvalue weighted by Gasteiger charge is -2.11. The van der Waals surface area contributed by atoms with Crippen molar-refractivity contribution in [1.29, 1.82) is 0 Å². The van der Waals surface area contributed by atoms with E-state index >= 15 is 0 Å². The molecule has 6 heteroatoms. The Morgan fingerprint density at radius 3 is 2.43 bits per heavy atom. The van der Waals surface area contributed by atoms with Crippen LogP contribution < -0.4 is 15.4 Å². The monoisotopic (exact) mass is 320 g/mol. The number of rotatable bonds is 6. The number of carbonyl (C=O) groups excluding carboxylic acids is 1. The zero-order chi connectivity index (χ0) is 16.8. The summed E-state index contributed by atoms with van der Waals surface area (Å²) in [6.45, 7) is 3.83. The first kappa shape index (κ1) is 16.7. The van der Waals surface area contributed by atoms with Crippen LogP contribution in [-0.4, -0.2) is 18.6 Å². The third-order valence-corrected chi connectivity index (χ3v) is 2.88. The summed E-state index contributed by atoms with van der Waals surface area (Å²) in [5.41, 5.74) is 0.676. The molecule has 122 valence electrons. The van der Waals surface area contributed by atoms with Gasteiger partial charge in [0, 0.05) is 11.8 Å². The van der Waals surface area contributed by atoms with Gasteiger partial charge in [0.15, 0.2) is 0 Å². The summed E-state index contributed by atoms with van der Waals surface area (Å²) in [5, 5.41) is 5.29. The Hall–Kier alpha value is -2.63. The van der Waals surface area contributed by atoms with E-state index in [9.17, 15) is 13.6 Å². The Morgan fingerprint density at radius 1 is 1.13 bits per heavy atom. The smallest absolute Gasteiger partial charge is 0.243 e. The molecule has 4 nitrogen and oxygen atoms in total. The largest absolute Gasteiger partial charge is 0.491 e. The van der Waals surface area contributed by atoms with Crippen molar-refractivity contribution in [3.8, 4) is 5.75 Å². The van der Waals surface area contributed by atoms with Gasteiger partial charge in [-0.25, -0.2) is 8.78 Å². The Balaban J connectivity index is 1.86. The van der Waals surface area contributed by atoms with Gasteiger partial charge >= 0.3 is 0 Å². The number of anilines is 2. The molecule has 0 atom stereocenters. The number of halogens is 2. The van der Waals surface area contributed by atoms with Crippen LogP contribution in [-0.2, 0) is 4.79 Å². The summed E-state index contributed by atoms with van der Waals surface area (Å²) in [5.74, 6) is -1.20. The van der Waals surface area contributed by atoms with Gasteiger partial charge in [-0.1, -0.05) is 0 Å². The second-order valence-electron chi connectivity index (χ2n) is 5.22. The van der Waals surface area contributed by atoms with Crippen molar-refractivity contribution in [2.45, 2.75) is 20.0 Å². The summed E-state index contributed by atoms with van der Waals surface area (Å²) in [6.07, 6.45) is 0.0881. The number of carbonyl (C=O) groups is 1. The summed E-state index contributed by atoms with van der Waals surface area (Å²) in [6, 6.07) is 10.1. The van der Waals surface area contributed by atoms with E-state index in [1.54, 1.807) is 24.3 Å². The third kappa shape index (κ3) is 5.25. The van der Waals surface area contributed by atoms with Crippen molar-refractivity contribution in [2.75, 3.05) is 17.2 Å². The molecule has 0 unspecified atom stereocenters. The topological polar surface area (TPSA) is 50.4 Å². The zero-order valence-electron chi connectivity index (χ0n) is 12.9. The van der Waals surface area contributed by atoms with Crippen molar-refractivity contribution in [2.24, 2.45) is 0 Å². The molecular formula is C17H18F2N2O2. The van der Waals surface area contributed by atoms with Crippen molar-refractivity contribution in [3.05, 3.63) is 54.1 Å². The molecule has 0 spiro atoms. The van der Waals surface area contributed by atoms with Crippen LogP contribution >= 0.6 is 0 Å². The standard InChI is InChI=1S/C17H18F2N2O2/c1-11(2)23-14-6-4-13(5-7-14)20-10-17(22)21-16-8-3-12(18)9-15(16)19/h3-9,11,20H,10H2,1-2H3,(H,21,22). The van der Waals surface area contributed by atoms with Crippen molar-refractivity contribution in [3.63, 3.8) is 0 Å². The van der Waals surface area contributed by atoms with Gasteiger partial charge in [0.2, 0.25) is 5.91 Å². The van der Waals surface area contributed by atoms with Gasteiger partial charge in [-0.3, -0.25) is 4.79 Å². The van der Waals surface area contributed by atoms with Gasteiger partial charge < -0.3 is 15.4 Å². The molecular weight excluding hydrogens is 302 g/mol. The second kappa shape index (κ2) is 7.58. The number of hydrogen-bond acceptors (Lipinski definition) is 3. The minimum absolute atomic E-state index is 0.0405. The van der Waals surface area contributed by atoms with E-state index in [4.69, 9.17) is 4.74 Å². The van der Waals surface area contributed by atoms with Gasteiger partial charge in [-0.2, -0.15) is 0 Å². The average Bonchev–Trinajstić information content (AvgIpc) is 2.49. The summed E-state index contributed by atoms with van der Waals surface area (Å²) in [7, 11) is 0. The summed E-state index contributed by atoms with van der Waals surface area (Å²) >= 11 is 0. The molecule has 1 amide bonds. The van der Waals surface area contributed by atoms with E-state index in [0.29, 0.717) is 0 Å². The van der Waals surface area contributed by atoms with Gasteiger partial charge in [0.05, 0.1) is 18.3 Å². The second-order valence-corrected chi connectivity index (χ2v) is 5.22. The molecule has 0 aliphatic carbocycles. The van der Waals surface area contributed by atoms with E-state index in [2.05, 4.69) is 10.6 Å². The average molecular weight is 320 g/mol. The number of ether oxygens (including phenoxy) is 1. The predicted octanol–water partition coefficient (Wildman–Crippen LogP) is 3.80. The van der Waals surface area contributed by atoms with Gasteiger partial charge in [0.1, 0.15) is 17.4 Å². The molecule has 0 saturated heterocycles. The highest BCUT2D eigenvalue weighted by atomic mass is 19.1. The van der Waals surface area contributed by atoms with Crippen LogP contribution in [0.4, 0.5) is 20.2 Å². The Bertz CT molecular complexity index is 673. The van der Waals surface area contributed by atoms with Crippen LogP contribution in [0.25, 0.3) is 0 Å². The fourth-order valence-corrected chi connectivity index (χ4v) is 1.89.